The third-order valence-electron chi connectivity index (χ3n) is 5.18. The summed E-state index contributed by atoms with van der Waals surface area (Å²) in [4.78, 5) is 61.9. The van der Waals surface area contributed by atoms with E-state index in [0.717, 1.165) is 11.1 Å². The lowest BCUT2D eigenvalue weighted by molar-refractivity contribution is -0.128. The fraction of sp³-hybridized carbons (Fsp3) is 0.346. The highest BCUT2D eigenvalue weighted by Gasteiger charge is 2.35. The zero-order valence-corrected chi connectivity index (χ0v) is 22.0. The van der Waals surface area contributed by atoms with Gasteiger partial charge >= 0.3 is 12.2 Å². The normalized spacial score (nSPS) is 12.7. The number of carbonyl (C=O) groups is 5. The first-order valence-corrected chi connectivity index (χ1v) is 12.4. The van der Waals surface area contributed by atoms with Gasteiger partial charge in [-0.05, 0) is 11.1 Å². The fourth-order valence-corrected chi connectivity index (χ4v) is 3.63. The van der Waals surface area contributed by atoms with E-state index in [1.54, 1.807) is 48.5 Å². The summed E-state index contributed by atoms with van der Waals surface area (Å²) in [6.07, 6.45) is -1.73. The lowest BCUT2D eigenvalue weighted by atomic mass is 9.98. The quantitative estimate of drug-likeness (QED) is 0.241. The van der Waals surface area contributed by atoms with Gasteiger partial charge in [0.15, 0.2) is 5.78 Å². The van der Waals surface area contributed by atoms with E-state index in [1.165, 1.54) is 13.8 Å². The highest BCUT2D eigenvalue weighted by molar-refractivity contribution is 7.80. The van der Waals surface area contributed by atoms with Crippen LogP contribution in [0.5, 0.6) is 0 Å². The van der Waals surface area contributed by atoms with Crippen molar-refractivity contribution in [1.29, 1.82) is 0 Å². The van der Waals surface area contributed by atoms with Gasteiger partial charge in [0.2, 0.25) is 11.8 Å². The van der Waals surface area contributed by atoms with Crippen molar-refractivity contribution in [2.45, 2.75) is 45.2 Å². The molecule has 0 aliphatic rings. The van der Waals surface area contributed by atoms with E-state index in [2.05, 4.69) is 33.9 Å². The Morgan fingerprint density at radius 3 is 1.68 bits per heavy atom. The SMILES string of the molecule is CC(=O)NCC(NC(=O)OCc1ccccc1)C(=O)C(NC(C)=O)C(CS)NC(=O)OCc1ccccc1. The van der Waals surface area contributed by atoms with Crippen LogP contribution in [0, 0.1) is 0 Å². The second kappa shape index (κ2) is 15.9. The molecule has 38 heavy (non-hydrogen) atoms. The molecule has 0 radical (unpaired) electrons. The molecule has 2 aromatic carbocycles. The molecule has 3 atom stereocenters. The highest BCUT2D eigenvalue weighted by atomic mass is 32.1. The Morgan fingerprint density at radius 1 is 0.737 bits per heavy atom. The van der Waals surface area contributed by atoms with Gasteiger partial charge < -0.3 is 30.7 Å². The number of benzene rings is 2. The summed E-state index contributed by atoms with van der Waals surface area (Å²) in [5.41, 5.74) is 1.49. The Morgan fingerprint density at radius 2 is 1.24 bits per heavy atom. The molecule has 0 saturated heterocycles. The highest BCUT2D eigenvalue weighted by Crippen LogP contribution is 2.07. The monoisotopic (exact) mass is 544 g/mol. The standard InChI is InChI=1S/C26H32N4O7S/c1-17(31)27-13-21(29-25(34)36-14-19-9-5-3-6-10-19)24(33)23(28-18(2)32)22(16-38)30-26(35)37-15-20-11-7-4-8-12-20/h3-12,21-23,38H,13-16H2,1-2H3,(H,27,31)(H,28,32)(H,29,34)(H,30,35). The van der Waals surface area contributed by atoms with Crippen molar-refractivity contribution in [3.8, 4) is 0 Å². The number of amides is 4. The van der Waals surface area contributed by atoms with Crippen LogP contribution in [0.25, 0.3) is 0 Å². The second-order valence-electron chi connectivity index (χ2n) is 8.27. The van der Waals surface area contributed by atoms with Gasteiger partial charge in [0.25, 0.3) is 0 Å². The summed E-state index contributed by atoms with van der Waals surface area (Å²) in [5.74, 6) is -1.73. The van der Waals surface area contributed by atoms with Crippen molar-refractivity contribution in [3.63, 3.8) is 0 Å². The largest absolute Gasteiger partial charge is 0.445 e. The van der Waals surface area contributed by atoms with Crippen LogP contribution in [0.4, 0.5) is 9.59 Å². The summed E-state index contributed by atoms with van der Waals surface area (Å²) < 4.78 is 10.4. The zero-order chi connectivity index (χ0) is 27.9. The predicted octanol–water partition coefficient (Wildman–Crippen LogP) is 1.72. The van der Waals surface area contributed by atoms with Gasteiger partial charge in [-0.1, -0.05) is 60.7 Å². The average molecular weight is 545 g/mol. The van der Waals surface area contributed by atoms with Crippen LogP contribution in [-0.2, 0) is 37.1 Å². The van der Waals surface area contributed by atoms with Crippen molar-refractivity contribution in [2.24, 2.45) is 0 Å². The van der Waals surface area contributed by atoms with Crippen LogP contribution >= 0.6 is 12.6 Å². The molecule has 0 spiro atoms. The van der Waals surface area contributed by atoms with Crippen LogP contribution in [0.1, 0.15) is 25.0 Å². The number of alkyl carbamates (subject to hydrolysis) is 2. The molecule has 0 aliphatic carbocycles. The molecule has 0 saturated carbocycles. The molecule has 3 unspecified atom stereocenters. The van der Waals surface area contributed by atoms with Gasteiger partial charge in [-0.3, -0.25) is 14.4 Å². The van der Waals surface area contributed by atoms with Gasteiger partial charge in [0.05, 0.1) is 6.04 Å². The number of rotatable bonds is 13. The Bertz CT molecular complexity index is 1090. The van der Waals surface area contributed by atoms with Gasteiger partial charge in [0.1, 0.15) is 25.3 Å². The number of ketones is 1. The Kier molecular flexibility index (Phi) is 12.6. The maximum absolute atomic E-state index is 13.5. The summed E-state index contributed by atoms with van der Waals surface area (Å²) in [6.45, 7) is 2.12. The average Bonchev–Trinajstić information content (AvgIpc) is 2.91. The molecular formula is C26H32N4O7S. The maximum atomic E-state index is 13.5. The number of hydrogen-bond acceptors (Lipinski definition) is 8. The van der Waals surface area contributed by atoms with Gasteiger partial charge in [-0.15, -0.1) is 0 Å². The summed E-state index contributed by atoms with van der Waals surface area (Å²) in [6, 6.07) is 14.3. The smallest absolute Gasteiger partial charge is 0.408 e. The Labute approximate surface area is 226 Å². The first-order valence-electron chi connectivity index (χ1n) is 11.8. The van der Waals surface area contributed by atoms with Crippen LogP contribution in [0.3, 0.4) is 0 Å². The van der Waals surface area contributed by atoms with E-state index in [-0.39, 0.29) is 25.5 Å². The van der Waals surface area contributed by atoms with Gasteiger partial charge in [-0.2, -0.15) is 12.6 Å². The lowest BCUT2D eigenvalue weighted by Crippen LogP contribution is -2.62. The summed E-state index contributed by atoms with van der Waals surface area (Å²) in [5, 5.41) is 9.94. The Balaban J connectivity index is 2.12. The molecule has 0 aliphatic heterocycles. The number of carbonyl (C=O) groups excluding carboxylic acids is 5. The zero-order valence-electron chi connectivity index (χ0n) is 21.1. The van der Waals surface area contributed by atoms with E-state index in [9.17, 15) is 24.0 Å². The van der Waals surface area contributed by atoms with E-state index in [4.69, 9.17) is 9.47 Å². The van der Waals surface area contributed by atoms with E-state index >= 15 is 0 Å². The topological polar surface area (TPSA) is 152 Å². The molecule has 0 heterocycles. The molecule has 4 amide bonds. The molecular weight excluding hydrogens is 512 g/mol. The van der Waals surface area contributed by atoms with Crippen molar-refractivity contribution in [2.75, 3.05) is 12.3 Å². The van der Waals surface area contributed by atoms with Crippen LogP contribution in [-0.4, -0.2) is 60.2 Å². The van der Waals surface area contributed by atoms with Crippen molar-refractivity contribution < 1.29 is 33.4 Å². The fourth-order valence-electron chi connectivity index (χ4n) is 3.33. The van der Waals surface area contributed by atoms with Crippen LogP contribution in [0.2, 0.25) is 0 Å². The lowest BCUT2D eigenvalue weighted by Gasteiger charge is -2.29. The molecule has 12 heteroatoms. The number of nitrogens with one attached hydrogen (secondary N) is 4. The predicted molar refractivity (Wildman–Crippen MR) is 142 cm³/mol. The van der Waals surface area contributed by atoms with Crippen molar-refractivity contribution >= 4 is 42.4 Å². The summed E-state index contributed by atoms with van der Waals surface area (Å²) >= 11 is 4.23. The molecule has 11 nitrogen and oxygen atoms in total. The molecule has 2 rings (SSSR count). The number of Topliss-reactive ketones (excluding diaryl/α,β-unsaturated/α-hetero) is 1. The third-order valence-corrected chi connectivity index (χ3v) is 5.58. The number of ether oxygens (including phenoxy) is 2. The number of thiol groups is 1. The second-order valence-corrected chi connectivity index (χ2v) is 8.64. The number of hydrogen-bond donors (Lipinski definition) is 5. The minimum atomic E-state index is -1.30. The first kappa shape index (κ1) is 30.2. The minimum absolute atomic E-state index is 0.00924. The molecule has 0 bridgehead atoms. The van der Waals surface area contributed by atoms with Gasteiger partial charge in [0, 0.05) is 26.1 Å². The van der Waals surface area contributed by atoms with E-state index in [1.807, 2.05) is 12.1 Å². The van der Waals surface area contributed by atoms with Gasteiger partial charge in [-0.25, -0.2) is 9.59 Å². The molecule has 4 N–H and O–H groups in total. The minimum Gasteiger partial charge on any atom is -0.445 e. The molecule has 204 valence electrons. The molecule has 0 aromatic heterocycles. The summed E-state index contributed by atoms with van der Waals surface area (Å²) in [7, 11) is 0. The van der Waals surface area contributed by atoms with Crippen LogP contribution in [0.15, 0.2) is 60.7 Å². The van der Waals surface area contributed by atoms with E-state index in [0.29, 0.717) is 0 Å². The maximum Gasteiger partial charge on any atom is 0.408 e. The van der Waals surface area contributed by atoms with Crippen molar-refractivity contribution in [1.82, 2.24) is 21.3 Å². The van der Waals surface area contributed by atoms with Crippen molar-refractivity contribution in [3.05, 3.63) is 71.8 Å². The Hall–Kier alpha value is -4.06. The van der Waals surface area contributed by atoms with Crippen LogP contribution < -0.4 is 21.3 Å². The molecule has 0 fully saturated rings. The molecule has 2 aromatic rings. The first-order chi connectivity index (χ1) is 18.2. The van der Waals surface area contributed by atoms with E-state index < -0.39 is 47.9 Å². The third kappa shape index (κ3) is 10.9.